The summed E-state index contributed by atoms with van der Waals surface area (Å²) in [6.07, 6.45) is 2.26. The zero-order valence-electron chi connectivity index (χ0n) is 9.03. The van der Waals surface area contributed by atoms with E-state index in [1.165, 1.54) is 11.8 Å². The molecule has 82 valence electrons. The number of rotatable bonds is 1. The maximum Gasteiger partial charge on any atom is 0.175 e. The zero-order valence-corrected chi connectivity index (χ0v) is 9.84. The first-order valence-corrected chi connectivity index (χ1v) is 6.86. The highest BCUT2D eigenvalue weighted by atomic mass is 32.2. The first-order chi connectivity index (χ1) is 6.97. The maximum absolute atomic E-state index is 11.4. The second kappa shape index (κ2) is 3.61. The summed E-state index contributed by atoms with van der Waals surface area (Å²) in [5, 5.41) is 0. The summed E-state index contributed by atoms with van der Waals surface area (Å²) in [5.74, 6) is 0. The topological polar surface area (TPSA) is 37.4 Å². The van der Waals surface area contributed by atoms with Gasteiger partial charge in [-0.15, -0.1) is 0 Å². The molecule has 0 fully saturated rings. The Hall–Kier alpha value is -0.870. The van der Waals surface area contributed by atoms with Crippen LogP contribution < -0.4 is 0 Å². The molecule has 1 aromatic carbocycles. The Morgan fingerprint density at radius 3 is 2.67 bits per heavy atom. The minimum Gasteiger partial charge on any atom is -0.302 e. The molecule has 0 saturated heterocycles. The number of sulfone groups is 1. The standard InChI is InChI=1S/C11H15NO2S/c1-12-6-5-9-3-4-11(15(2,13)14)7-10(9)8-12/h3-4,7H,5-6,8H2,1-2H3. The van der Waals surface area contributed by atoms with Crippen LogP contribution in [0.25, 0.3) is 0 Å². The molecule has 1 heterocycles. The molecule has 0 saturated carbocycles. The lowest BCUT2D eigenvalue weighted by Crippen LogP contribution is -2.26. The van der Waals surface area contributed by atoms with Gasteiger partial charge in [0.15, 0.2) is 9.84 Å². The minimum atomic E-state index is -3.07. The van der Waals surface area contributed by atoms with Crippen molar-refractivity contribution in [2.45, 2.75) is 17.9 Å². The zero-order chi connectivity index (χ0) is 11.1. The van der Waals surface area contributed by atoms with Crippen LogP contribution in [-0.4, -0.2) is 33.2 Å². The molecule has 0 unspecified atom stereocenters. The number of hydrogen-bond acceptors (Lipinski definition) is 3. The molecule has 4 heteroatoms. The molecule has 2 rings (SSSR count). The molecule has 0 spiro atoms. The molecule has 1 aliphatic heterocycles. The molecule has 0 aromatic heterocycles. The Bertz CT molecular complexity index is 479. The van der Waals surface area contributed by atoms with Crippen molar-refractivity contribution >= 4 is 9.84 Å². The van der Waals surface area contributed by atoms with Gasteiger partial charge in [0, 0.05) is 19.3 Å². The monoisotopic (exact) mass is 225 g/mol. The minimum absolute atomic E-state index is 0.427. The Balaban J connectivity index is 2.46. The SMILES string of the molecule is CN1CCc2ccc(S(C)(=O)=O)cc2C1. The van der Waals surface area contributed by atoms with Crippen molar-refractivity contribution < 1.29 is 8.42 Å². The second-order valence-corrected chi connectivity index (χ2v) is 6.21. The molecule has 0 radical (unpaired) electrons. The Morgan fingerprint density at radius 2 is 2.00 bits per heavy atom. The number of likely N-dealkylation sites (N-methyl/N-ethyl adjacent to an activating group) is 1. The third-order valence-corrected chi connectivity index (χ3v) is 3.92. The smallest absolute Gasteiger partial charge is 0.175 e. The highest BCUT2D eigenvalue weighted by Gasteiger charge is 2.15. The van der Waals surface area contributed by atoms with Gasteiger partial charge in [-0.2, -0.15) is 0 Å². The van der Waals surface area contributed by atoms with E-state index in [4.69, 9.17) is 0 Å². The fourth-order valence-electron chi connectivity index (χ4n) is 1.91. The summed E-state index contributed by atoms with van der Waals surface area (Å²) < 4.78 is 22.8. The molecule has 0 N–H and O–H groups in total. The molecule has 1 aliphatic rings. The fraction of sp³-hybridized carbons (Fsp3) is 0.455. The summed E-state index contributed by atoms with van der Waals surface area (Å²) in [6, 6.07) is 5.46. The molecule has 0 amide bonds. The van der Waals surface area contributed by atoms with Gasteiger partial charge < -0.3 is 4.90 Å². The average Bonchev–Trinajstić information content (AvgIpc) is 2.15. The van der Waals surface area contributed by atoms with E-state index in [9.17, 15) is 8.42 Å². The van der Waals surface area contributed by atoms with Crippen LogP contribution in [0.15, 0.2) is 23.1 Å². The summed E-state index contributed by atoms with van der Waals surface area (Å²) >= 11 is 0. The van der Waals surface area contributed by atoms with Crippen molar-refractivity contribution in [1.82, 2.24) is 4.90 Å². The van der Waals surface area contributed by atoms with E-state index in [2.05, 4.69) is 11.9 Å². The van der Waals surface area contributed by atoms with Gasteiger partial charge in [0.05, 0.1) is 4.90 Å². The fourth-order valence-corrected chi connectivity index (χ4v) is 2.58. The van der Waals surface area contributed by atoms with E-state index in [1.54, 1.807) is 12.1 Å². The molecule has 0 aliphatic carbocycles. The normalized spacial score (nSPS) is 17.5. The van der Waals surface area contributed by atoms with Crippen LogP contribution in [0.5, 0.6) is 0 Å². The summed E-state index contributed by atoms with van der Waals surface area (Å²) in [7, 11) is -1.02. The van der Waals surface area contributed by atoms with Crippen LogP contribution in [0.3, 0.4) is 0 Å². The molecule has 3 nitrogen and oxygen atoms in total. The summed E-state index contributed by atoms with van der Waals surface area (Å²) in [5.41, 5.74) is 2.42. The molecular weight excluding hydrogens is 210 g/mol. The van der Waals surface area contributed by atoms with Gasteiger partial charge in [0.2, 0.25) is 0 Å². The third kappa shape index (κ3) is 2.21. The maximum atomic E-state index is 11.4. The van der Waals surface area contributed by atoms with E-state index in [-0.39, 0.29) is 0 Å². The summed E-state index contributed by atoms with van der Waals surface area (Å²) in [6.45, 7) is 1.89. The first-order valence-electron chi connectivity index (χ1n) is 4.97. The molecule has 15 heavy (non-hydrogen) atoms. The van der Waals surface area contributed by atoms with Gasteiger partial charge >= 0.3 is 0 Å². The lowest BCUT2D eigenvalue weighted by atomic mass is 10.0. The number of hydrogen-bond donors (Lipinski definition) is 0. The van der Waals surface area contributed by atoms with Crippen molar-refractivity contribution in [3.05, 3.63) is 29.3 Å². The Labute approximate surface area is 90.6 Å². The third-order valence-electron chi connectivity index (χ3n) is 2.81. The van der Waals surface area contributed by atoms with Crippen molar-refractivity contribution in [2.75, 3.05) is 19.8 Å². The highest BCUT2D eigenvalue weighted by molar-refractivity contribution is 7.90. The van der Waals surface area contributed by atoms with Crippen LogP contribution in [0.1, 0.15) is 11.1 Å². The van der Waals surface area contributed by atoms with Gasteiger partial charge in [0.1, 0.15) is 0 Å². The van der Waals surface area contributed by atoms with Crippen molar-refractivity contribution in [2.24, 2.45) is 0 Å². The van der Waals surface area contributed by atoms with Gasteiger partial charge in [-0.1, -0.05) is 6.07 Å². The van der Waals surface area contributed by atoms with E-state index >= 15 is 0 Å². The number of nitrogens with zero attached hydrogens (tertiary/aromatic N) is 1. The molecule has 1 aromatic rings. The Morgan fingerprint density at radius 1 is 1.27 bits per heavy atom. The predicted octanol–water partition coefficient (Wildman–Crippen LogP) is 1.08. The van der Waals surface area contributed by atoms with Crippen molar-refractivity contribution in [3.63, 3.8) is 0 Å². The largest absolute Gasteiger partial charge is 0.302 e. The van der Waals surface area contributed by atoms with Crippen LogP contribution in [0, 0.1) is 0 Å². The van der Waals surface area contributed by atoms with Crippen molar-refractivity contribution in [1.29, 1.82) is 0 Å². The highest BCUT2D eigenvalue weighted by Crippen LogP contribution is 2.21. The summed E-state index contributed by atoms with van der Waals surface area (Å²) in [4.78, 5) is 2.63. The molecule has 0 atom stereocenters. The van der Waals surface area contributed by atoms with Gasteiger partial charge in [0.25, 0.3) is 0 Å². The number of benzene rings is 1. The first kappa shape index (κ1) is 10.6. The predicted molar refractivity (Wildman–Crippen MR) is 59.6 cm³/mol. The van der Waals surface area contributed by atoms with Crippen LogP contribution in [-0.2, 0) is 22.8 Å². The van der Waals surface area contributed by atoms with Crippen molar-refractivity contribution in [3.8, 4) is 0 Å². The second-order valence-electron chi connectivity index (χ2n) is 4.19. The lowest BCUT2D eigenvalue weighted by Gasteiger charge is -2.25. The number of fused-ring (bicyclic) bond motifs is 1. The van der Waals surface area contributed by atoms with Gasteiger partial charge in [-0.25, -0.2) is 8.42 Å². The Kier molecular flexibility index (Phi) is 2.56. The molecule has 0 bridgehead atoms. The van der Waals surface area contributed by atoms with E-state index in [1.807, 2.05) is 6.07 Å². The van der Waals surface area contributed by atoms with E-state index in [0.29, 0.717) is 4.90 Å². The lowest BCUT2D eigenvalue weighted by molar-refractivity contribution is 0.312. The quantitative estimate of drug-likeness (QED) is 0.717. The average molecular weight is 225 g/mol. The van der Waals surface area contributed by atoms with Gasteiger partial charge in [-0.05, 0) is 36.7 Å². The van der Waals surface area contributed by atoms with Crippen LogP contribution in [0.2, 0.25) is 0 Å². The van der Waals surface area contributed by atoms with Crippen LogP contribution >= 0.6 is 0 Å². The van der Waals surface area contributed by atoms with E-state index in [0.717, 1.165) is 25.1 Å². The molecular formula is C11H15NO2S. The van der Waals surface area contributed by atoms with E-state index < -0.39 is 9.84 Å². The van der Waals surface area contributed by atoms with Gasteiger partial charge in [-0.3, -0.25) is 0 Å². The van der Waals surface area contributed by atoms with Crippen LogP contribution in [0.4, 0.5) is 0 Å².